The van der Waals surface area contributed by atoms with Crippen LogP contribution in [0.1, 0.15) is 5.56 Å². The molecule has 2 aromatic rings. The summed E-state index contributed by atoms with van der Waals surface area (Å²) in [5, 5.41) is 1.97. The summed E-state index contributed by atoms with van der Waals surface area (Å²) in [7, 11) is 0. The first-order chi connectivity index (χ1) is 7.24. The largest absolute Gasteiger partial charge is 0.374 e. The van der Waals surface area contributed by atoms with Crippen LogP contribution < -0.4 is 5.73 Å². The maximum absolute atomic E-state index is 5.87. The zero-order chi connectivity index (χ0) is 10.7. The van der Waals surface area contributed by atoms with Crippen LogP contribution in [-0.2, 0) is 5.75 Å². The van der Waals surface area contributed by atoms with E-state index in [9.17, 15) is 0 Å². The highest BCUT2D eigenvalue weighted by Gasteiger charge is 2.02. The molecule has 0 spiro atoms. The summed E-state index contributed by atoms with van der Waals surface area (Å²) in [5.41, 5.74) is 6.64. The van der Waals surface area contributed by atoms with Gasteiger partial charge in [-0.15, -0.1) is 0 Å². The standard InChI is InChI=1S/C9H8ClN3S2/c10-7-3-1-2-6(4-7)5-14-9-12-8(11)15-13-9/h1-4H,5H2,(H2,11,12,13). The lowest BCUT2D eigenvalue weighted by atomic mass is 10.2. The van der Waals surface area contributed by atoms with Crippen LogP contribution in [0.25, 0.3) is 0 Å². The average molecular weight is 258 g/mol. The minimum atomic E-state index is 0.503. The van der Waals surface area contributed by atoms with E-state index >= 15 is 0 Å². The van der Waals surface area contributed by atoms with Crippen molar-refractivity contribution >= 4 is 40.0 Å². The van der Waals surface area contributed by atoms with Gasteiger partial charge in [-0.3, -0.25) is 0 Å². The summed E-state index contributed by atoms with van der Waals surface area (Å²) in [6, 6.07) is 7.74. The van der Waals surface area contributed by atoms with Gasteiger partial charge in [-0.25, -0.2) is 0 Å². The van der Waals surface area contributed by atoms with E-state index in [4.69, 9.17) is 17.3 Å². The molecule has 0 saturated carbocycles. The van der Waals surface area contributed by atoms with E-state index < -0.39 is 0 Å². The number of nitrogens with zero attached hydrogens (tertiary/aromatic N) is 2. The molecule has 0 aliphatic rings. The molecule has 0 radical (unpaired) electrons. The molecule has 1 aromatic heterocycles. The second-order valence-electron chi connectivity index (χ2n) is 2.83. The Balaban J connectivity index is 1.99. The van der Waals surface area contributed by atoms with Gasteiger partial charge in [0.1, 0.15) is 0 Å². The topological polar surface area (TPSA) is 51.8 Å². The molecule has 0 unspecified atom stereocenters. The summed E-state index contributed by atoms with van der Waals surface area (Å²) in [6.45, 7) is 0. The van der Waals surface area contributed by atoms with Crippen LogP contribution >= 0.6 is 34.9 Å². The zero-order valence-electron chi connectivity index (χ0n) is 7.68. The van der Waals surface area contributed by atoms with Gasteiger partial charge in [0, 0.05) is 22.3 Å². The van der Waals surface area contributed by atoms with Crippen LogP contribution in [-0.4, -0.2) is 9.36 Å². The number of benzene rings is 1. The predicted molar refractivity (Wildman–Crippen MR) is 65.3 cm³/mol. The van der Waals surface area contributed by atoms with Crippen LogP contribution in [0, 0.1) is 0 Å². The van der Waals surface area contributed by atoms with Crippen molar-refractivity contribution in [2.45, 2.75) is 10.9 Å². The van der Waals surface area contributed by atoms with Crippen molar-refractivity contribution in [1.29, 1.82) is 0 Å². The van der Waals surface area contributed by atoms with Gasteiger partial charge in [-0.2, -0.15) is 9.36 Å². The van der Waals surface area contributed by atoms with Crippen molar-refractivity contribution in [3.8, 4) is 0 Å². The zero-order valence-corrected chi connectivity index (χ0v) is 10.1. The molecule has 0 saturated heterocycles. The molecule has 0 fully saturated rings. The highest BCUT2D eigenvalue weighted by atomic mass is 35.5. The van der Waals surface area contributed by atoms with Crippen molar-refractivity contribution in [3.63, 3.8) is 0 Å². The number of thioether (sulfide) groups is 1. The first-order valence-corrected chi connectivity index (χ1v) is 6.34. The third-order valence-corrected chi connectivity index (χ3v) is 3.49. The Morgan fingerprint density at radius 2 is 2.33 bits per heavy atom. The Labute approximate surface area is 101 Å². The Morgan fingerprint density at radius 1 is 1.47 bits per heavy atom. The van der Waals surface area contributed by atoms with E-state index in [2.05, 4.69) is 9.36 Å². The van der Waals surface area contributed by atoms with Crippen molar-refractivity contribution in [2.24, 2.45) is 0 Å². The summed E-state index contributed by atoms with van der Waals surface area (Å²) < 4.78 is 4.09. The summed E-state index contributed by atoms with van der Waals surface area (Å²) in [6.07, 6.45) is 0. The van der Waals surface area contributed by atoms with Crippen molar-refractivity contribution in [2.75, 3.05) is 5.73 Å². The van der Waals surface area contributed by atoms with Gasteiger partial charge in [-0.05, 0) is 17.7 Å². The number of nitrogen functional groups attached to an aromatic ring is 1. The van der Waals surface area contributed by atoms with Crippen LogP contribution in [0.3, 0.4) is 0 Å². The van der Waals surface area contributed by atoms with E-state index in [-0.39, 0.29) is 0 Å². The van der Waals surface area contributed by atoms with Gasteiger partial charge < -0.3 is 5.73 Å². The molecule has 0 aliphatic heterocycles. The Kier molecular flexibility index (Phi) is 3.45. The van der Waals surface area contributed by atoms with Gasteiger partial charge in [-0.1, -0.05) is 35.5 Å². The normalized spacial score (nSPS) is 10.5. The van der Waals surface area contributed by atoms with Gasteiger partial charge >= 0.3 is 0 Å². The first-order valence-electron chi connectivity index (χ1n) is 4.20. The second-order valence-corrected chi connectivity index (χ2v) is 5.00. The number of anilines is 1. The van der Waals surface area contributed by atoms with Crippen molar-refractivity contribution in [1.82, 2.24) is 9.36 Å². The van der Waals surface area contributed by atoms with E-state index in [1.807, 2.05) is 24.3 Å². The number of aromatic nitrogens is 2. The maximum atomic E-state index is 5.87. The molecule has 78 valence electrons. The molecule has 0 amide bonds. The third-order valence-electron chi connectivity index (χ3n) is 1.68. The minimum Gasteiger partial charge on any atom is -0.374 e. The lowest BCUT2D eigenvalue weighted by Gasteiger charge is -1.98. The van der Waals surface area contributed by atoms with Crippen LogP contribution in [0.15, 0.2) is 29.4 Å². The fourth-order valence-corrected chi connectivity index (χ4v) is 2.63. The highest BCUT2D eigenvalue weighted by molar-refractivity contribution is 7.98. The molecular formula is C9H8ClN3S2. The Morgan fingerprint density at radius 3 is 3.00 bits per heavy atom. The predicted octanol–water partition coefficient (Wildman–Crippen LogP) is 3.07. The molecule has 0 bridgehead atoms. The van der Waals surface area contributed by atoms with Crippen LogP contribution in [0.2, 0.25) is 5.02 Å². The second kappa shape index (κ2) is 4.83. The van der Waals surface area contributed by atoms with Crippen molar-refractivity contribution in [3.05, 3.63) is 34.9 Å². The molecule has 1 aromatic carbocycles. The molecule has 1 heterocycles. The maximum Gasteiger partial charge on any atom is 0.202 e. The SMILES string of the molecule is Nc1nc(SCc2cccc(Cl)c2)ns1. The Hall–Kier alpha value is -0.780. The number of hydrogen-bond donors (Lipinski definition) is 1. The fraction of sp³-hybridized carbons (Fsp3) is 0.111. The number of halogens is 1. The summed E-state index contributed by atoms with van der Waals surface area (Å²) in [5.74, 6) is 0.802. The van der Waals surface area contributed by atoms with Gasteiger partial charge in [0.05, 0.1) is 0 Å². The lowest BCUT2D eigenvalue weighted by Crippen LogP contribution is -1.83. The van der Waals surface area contributed by atoms with Crippen molar-refractivity contribution < 1.29 is 0 Å². The van der Waals surface area contributed by atoms with Gasteiger partial charge in [0.25, 0.3) is 0 Å². The molecular weight excluding hydrogens is 250 g/mol. The highest BCUT2D eigenvalue weighted by Crippen LogP contribution is 2.23. The van der Waals surface area contributed by atoms with Gasteiger partial charge in [0.15, 0.2) is 0 Å². The quantitative estimate of drug-likeness (QED) is 0.859. The van der Waals surface area contributed by atoms with Gasteiger partial charge in [0.2, 0.25) is 10.3 Å². The number of hydrogen-bond acceptors (Lipinski definition) is 5. The molecule has 15 heavy (non-hydrogen) atoms. The molecule has 0 atom stereocenters. The lowest BCUT2D eigenvalue weighted by molar-refractivity contribution is 1.08. The van der Waals surface area contributed by atoms with Crippen LogP contribution in [0.4, 0.5) is 5.13 Å². The van der Waals surface area contributed by atoms with E-state index in [0.29, 0.717) is 5.13 Å². The summed E-state index contributed by atoms with van der Waals surface area (Å²) in [4.78, 5) is 4.06. The molecule has 6 heteroatoms. The fourth-order valence-electron chi connectivity index (χ4n) is 1.05. The molecule has 3 nitrogen and oxygen atoms in total. The van der Waals surface area contributed by atoms with Crippen LogP contribution in [0.5, 0.6) is 0 Å². The number of rotatable bonds is 3. The first kappa shape index (κ1) is 10.7. The third kappa shape index (κ3) is 3.09. The summed E-state index contributed by atoms with van der Waals surface area (Å²) >= 11 is 8.64. The number of nitrogens with two attached hydrogens (primary N) is 1. The average Bonchev–Trinajstić information content (AvgIpc) is 2.62. The Bertz CT molecular complexity index is 458. The van der Waals surface area contributed by atoms with E-state index in [0.717, 1.165) is 21.5 Å². The smallest absolute Gasteiger partial charge is 0.202 e. The van der Waals surface area contributed by atoms with E-state index in [1.54, 1.807) is 11.8 Å². The molecule has 2 rings (SSSR count). The van der Waals surface area contributed by atoms with E-state index in [1.165, 1.54) is 11.5 Å². The minimum absolute atomic E-state index is 0.503. The molecule has 0 aliphatic carbocycles. The molecule has 2 N–H and O–H groups in total. The monoisotopic (exact) mass is 257 g/mol.